The van der Waals surface area contributed by atoms with Crippen molar-refractivity contribution in [3.63, 3.8) is 0 Å². The third-order valence-corrected chi connectivity index (χ3v) is 3.41. The van der Waals surface area contributed by atoms with Crippen LogP contribution in [0, 0.1) is 21.7 Å². The summed E-state index contributed by atoms with van der Waals surface area (Å²) in [6.07, 6.45) is 0. The zero-order valence-electron chi connectivity index (χ0n) is 10.1. The predicted molar refractivity (Wildman–Crippen MR) is 74.5 cm³/mol. The van der Waals surface area contributed by atoms with Gasteiger partial charge in [0.25, 0.3) is 5.69 Å². The molecule has 104 valence electrons. The minimum absolute atomic E-state index is 0.131. The number of nitro benzene ring substituents is 1. The molecule has 2 rings (SSSR count). The van der Waals surface area contributed by atoms with Crippen LogP contribution >= 0.6 is 15.9 Å². The van der Waals surface area contributed by atoms with E-state index in [1.165, 1.54) is 24.3 Å². The van der Waals surface area contributed by atoms with Gasteiger partial charge in [0.05, 0.1) is 10.6 Å². The molecule has 0 radical (unpaired) electrons. The maximum atomic E-state index is 13.9. The first-order valence-electron chi connectivity index (χ1n) is 5.59. The third kappa shape index (κ3) is 3.11. The predicted octanol–water partition coefficient (Wildman–Crippen LogP) is 4.25. The molecule has 1 N–H and O–H groups in total. The molecule has 0 saturated carbocycles. The molecule has 2 aromatic carbocycles. The van der Waals surface area contributed by atoms with Crippen LogP contribution in [-0.4, -0.2) is 4.92 Å². The highest BCUT2D eigenvalue weighted by Gasteiger charge is 2.18. The molecule has 20 heavy (non-hydrogen) atoms. The van der Waals surface area contributed by atoms with Crippen LogP contribution in [-0.2, 0) is 6.54 Å². The van der Waals surface area contributed by atoms with E-state index in [9.17, 15) is 18.9 Å². The molecule has 0 aromatic heterocycles. The van der Waals surface area contributed by atoms with Crippen molar-refractivity contribution < 1.29 is 13.7 Å². The lowest BCUT2D eigenvalue weighted by molar-refractivity contribution is -0.385. The quantitative estimate of drug-likeness (QED) is 0.667. The Balaban J connectivity index is 2.16. The molecule has 0 saturated heterocycles. The molecule has 0 aliphatic rings. The average Bonchev–Trinajstić information content (AvgIpc) is 2.42. The van der Waals surface area contributed by atoms with Gasteiger partial charge in [-0.3, -0.25) is 10.1 Å². The zero-order valence-corrected chi connectivity index (χ0v) is 11.7. The molecule has 0 fully saturated rings. The summed E-state index contributed by atoms with van der Waals surface area (Å²) in [6.45, 7) is 0.279. The average molecular weight is 343 g/mol. The first-order valence-corrected chi connectivity index (χ1v) is 6.39. The summed E-state index contributed by atoms with van der Waals surface area (Å²) in [5.74, 6) is -1.08. The SMILES string of the molecule is O=[N+]([O-])c1ccc(NCc2ccc(F)cc2)c(F)c1Br. The van der Waals surface area contributed by atoms with E-state index in [0.717, 1.165) is 5.56 Å². The van der Waals surface area contributed by atoms with E-state index in [1.54, 1.807) is 12.1 Å². The number of halogens is 3. The van der Waals surface area contributed by atoms with Crippen molar-refractivity contribution in [1.82, 2.24) is 0 Å². The highest BCUT2D eigenvalue weighted by Crippen LogP contribution is 2.32. The summed E-state index contributed by atoms with van der Waals surface area (Å²) in [7, 11) is 0. The van der Waals surface area contributed by atoms with Gasteiger partial charge in [0.2, 0.25) is 0 Å². The van der Waals surface area contributed by atoms with E-state index in [2.05, 4.69) is 21.2 Å². The molecule has 0 bridgehead atoms. The van der Waals surface area contributed by atoms with Crippen molar-refractivity contribution in [3.05, 3.63) is 68.2 Å². The topological polar surface area (TPSA) is 55.2 Å². The largest absolute Gasteiger partial charge is 0.379 e. The molecular formula is C13H9BrF2N2O2. The third-order valence-electron chi connectivity index (χ3n) is 2.65. The lowest BCUT2D eigenvalue weighted by atomic mass is 10.2. The molecule has 0 aliphatic heterocycles. The Bertz CT molecular complexity index is 648. The summed E-state index contributed by atoms with van der Waals surface area (Å²) in [4.78, 5) is 9.98. The van der Waals surface area contributed by atoms with E-state index in [4.69, 9.17) is 0 Å². The van der Waals surface area contributed by atoms with Gasteiger partial charge in [-0.2, -0.15) is 0 Å². The molecule has 2 aromatic rings. The standard InChI is InChI=1S/C13H9BrF2N2O2/c14-12-11(18(19)20)6-5-10(13(12)16)17-7-8-1-3-9(15)4-2-8/h1-6,17H,7H2. The number of nitrogens with one attached hydrogen (secondary N) is 1. The Morgan fingerprint density at radius 1 is 1.15 bits per heavy atom. The van der Waals surface area contributed by atoms with Crippen LogP contribution in [0.15, 0.2) is 40.9 Å². The normalized spacial score (nSPS) is 10.3. The Morgan fingerprint density at radius 3 is 2.40 bits per heavy atom. The summed E-state index contributed by atoms with van der Waals surface area (Å²) in [6, 6.07) is 8.25. The van der Waals surface area contributed by atoms with Crippen LogP contribution in [0.4, 0.5) is 20.2 Å². The van der Waals surface area contributed by atoms with Crippen molar-refractivity contribution in [2.75, 3.05) is 5.32 Å². The Morgan fingerprint density at radius 2 is 1.80 bits per heavy atom. The number of nitrogens with zero attached hydrogens (tertiary/aromatic N) is 1. The lowest BCUT2D eigenvalue weighted by Crippen LogP contribution is -2.03. The van der Waals surface area contributed by atoms with E-state index in [-0.39, 0.29) is 28.2 Å². The Kier molecular flexibility index (Phi) is 4.29. The van der Waals surface area contributed by atoms with E-state index in [1.807, 2.05) is 0 Å². The van der Waals surface area contributed by atoms with Crippen molar-refractivity contribution in [2.45, 2.75) is 6.54 Å². The lowest BCUT2D eigenvalue weighted by Gasteiger charge is -2.09. The smallest absolute Gasteiger partial charge is 0.286 e. The summed E-state index contributed by atoms with van der Waals surface area (Å²) in [5, 5.41) is 13.5. The molecular weight excluding hydrogens is 334 g/mol. The fourth-order valence-electron chi connectivity index (χ4n) is 1.62. The van der Waals surface area contributed by atoms with Crippen LogP contribution in [0.2, 0.25) is 0 Å². The van der Waals surface area contributed by atoms with E-state index in [0.29, 0.717) is 0 Å². The van der Waals surface area contributed by atoms with Crippen LogP contribution in [0.1, 0.15) is 5.56 Å². The first-order chi connectivity index (χ1) is 9.49. The second-order valence-corrected chi connectivity index (χ2v) is 4.79. The fraction of sp³-hybridized carbons (Fsp3) is 0.0769. The van der Waals surface area contributed by atoms with Gasteiger partial charge in [0.1, 0.15) is 10.3 Å². The number of hydrogen-bond donors (Lipinski definition) is 1. The highest BCUT2D eigenvalue weighted by atomic mass is 79.9. The van der Waals surface area contributed by atoms with Crippen LogP contribution in [0.3, 0.4) is 0 Å². The summed E-state index contributed by atoms with van der Waals surface area (Å²) in [5.41, 5.74) is 0.557. The molecule has 0 atom stereocenters. The number of hydrogen-bond acceptors (Lipinski definition) is 3. The van der Waals surface area contributed by atoms with Crippen molar-refractivity contribution in [3.8, 4) is 0 Å². The minimum Gasteiger partial charge on any atom is -0.379 e. The van der Waals surface area contributed by atoms with Crippen LogP contribution < -0.4 is 5.32 Å². The van der Waals surface area contributed by atoms with Gasteiger partial charge in [-0.25, -0.2) is 8.78 Å². The van der Waals surface area contributed by atoms with Crippen LogP contribution in [0.5, 0.6) is 0 Å². The maximum Gasteiger partial charge on any atom is 0.286 e. The second kappa shape index (κ2) is 5.96. The minimum atomic E-state index is -0.735. The van der Waals surface area contributed by atoms with Crippen molar-refractivity contribution in [2.24, 2.45) is 0 Å². The molecule has 0 aliphatic carbocycles. The Hall–Kier alpha value is -2.02. The number of anilines is 1. The molecule has 0 spiro atoms. The first kappa shape index (κ1) is 14.4. The van der Waals surface area contributed by atoms with Crippen LogP contribution in [0.25, 0.3) is 0 Å². The highest BCUT2D eigenvalue weighted by molar-refractivity contribution is 9.10. The van der Waals surface area contributed by atoms with Crippen molar-refractivity contribution in [1.29, 1.82) is 0 Å². The molecule has 0 amide bonds. The monoisotopic (exact) mass is 342 g/mol. The van der Waals surface area contributed by atoms with Gasteiger partial charge in [-0.05, 0) is 39.7 Å². The fourth-order valence-corrected chi connectivity index (χ4v) is 2.11. The Labute approximate surface area is 121 Å². The van der Waals surface area contributed by atoms with Gasteiger partial charge in [-0.1, -0.05) is 12.1 Å². The number of rotatable bonds is 4. The van der Waals surface area contributed by atoms with Gasteiger partial charge in [0, 0.05) is 12.6 Å². The number of nitro groups is 1. The zero-order chi connectivity index (χ0) is 14.7. The molecule has 7 heteroatoms. The van der Waals surface area contributed by atoms with Gasteiger partial charge >= 0.3 is 0 Å². The van der Waals surface area contributed by atoms with Gasteiger partial charge in [-0.15, -0.1) is 0 Å². The van der Waals surface area contributed by atoms with Gasteiger partial charge < -0.3 is 5.32 Å². The molecule has 0 unspecified atom stereocenters. The van der Waals surface area contributed by atoms with E-state index < -0.39 is 10.7 Å². The summed E-state index contributed by atoms with van der Waals surface area (Å²) >= 11 is 2.86. The molecule has 4 nitrogen and oxygen atoms in total. The second-order valence-electron chi connectivity index (χ2n) is 4.00. The maximum absolute atomic E-state index is 13.9. The number of benzene rings is 2. The van der Waals surface area contributed by atoms with Gasteiger partial charge in [0.15, 0.2) is 5.82 Å². The molecule has 0 heterocycles. The van der Waals surface area contributed by atoms with Crippen molar-refractivity contribution >= 4 is 27.3 Å². The summed E-state index contributed by atoms with van der Waals surface area (Å²) < 4.78 is 26.4. The van der Waals surface area contributed by atoms with E-state index >= 15 is 0 Å².